The highest BCUT2D eigenvalue weighted by molar-refractivity contribution is 5.89. The molecule has 2 fully saturated rings. The van der Waals surface area contributed by atoms with Crippen molar-refractivity contribution in [3.63, 3.8) is 0 Å². The molecule has 0 saturated carbocycles. The predicted molar refractivity (Wildman–Crippen MR) is 142 cm³/mol. The van der Waals surface area contributed by atoms with Gasteiger partial charge in [-0.1, -0.05) is 5.92 Å². The van der Waals surface area contributed by atoms with Crippen LogP contribution in [0.1, 0.15) is 41.7 Å². The number of rotatable bonds is 5. The molecule has 1 amide bonds. The van der Waals surface area contributed by atoms with Gasteiger partial charge in [0.15, 0.2) is 17.7 Å². The molecule has 4 atom stereocenters. The van der Waals surface area contributed by atoms with E-state index in [4.69, 9.17) is 15.2 Å². The molecule has 41 heavy (non-hydrogen) atoms. The lowest BCUT2D eigenvalue weighted by molar-refractivity contribution is -0.0511. The Hall–Kier alpha value is -4.29. The number of carbonyl (C=O) groups is 2. The van der Waals surface area contributed by atoms with Crippen LogP contribution in [-0.4, -0.2) is 96.9 Å². The Labute approximate surface area is 234 Å². The standard InChI is InChI=1S/C27H30N6O8/c1-39-26(37)16-5-7-17(8-6-16)40-27(38)32-11-9-15(10-12-32)3-2-4-19-30-23(28)20-24(31-19)33(14-29-20)25-22(36)21(35)18(13-34)41-25/h5-8,14-15,18,21-22,25,34-36H,3,9-13H2,1H3,(H2,28,30,31)/t18-,21+,22?,25-/m1/s1. The highest BCUT2D eigenvalue weighted by Gasteiger charge is 2.44. The summed E-state index contributed by atoms with van der Waals surface area (Å²) in [5.74, 6) is 6.44. The maximum atomic E-state index is 12.6. The van der Waals surface area contributed by atoms with Crippen LogP contribution in [0, 0.1) is 17.8 Å². The van der Waals surface area contributed by atoms with Crippen molar-refractivity contribution >= 4 is 29.0 Å². The lowest BCUT2D eigenvalue weighted by Crippen LogP contribution is -2.40. The number of amides is 1. The zero-order chi connectivity index (χ0) is 29.1. The minimum Gasteiger partial charge on any atom is -0.465 e. The van der Waals surface area contributed by atoms with Gasteiger partial charge in [-0.15, -0.1) is 0 Å². The number of carbonyl (C=O) groups excluding carboxylic acids is 2. The van der Waals surface area contributed by atoms with Gasteiger partial charge in [0.2, 0.25) is 5.82 Å². The number of hydrogen-bond acceptors (Lipinski definition) is 12. The van der Waals surface area contributed by atoms with Crippen molar-refractivity contribution in [1.29, 1.82) is 0 Å². The molecule has 2 aromatic heterocycles. The minimum atomic E-state index is -1.30. The molecule has 0 spiro atoms. The third-order valence-corrected chi connectivity index (χ3v) is 7.18. The molecule has 4 heterocycles. The van der Waals surface area contributed by atoms with Crippen LogP contribution in [0.3, 0.4) is 0 Å². The fourth-order valence-electron chi connectivity index (χ4n) is 4.83. The van der Waals surface area contributed by atoms with Gasteiger partial charge >= 0.3 is 12.1 Å². The lowest BCUT2D eigenvalue weighted by atomic mass is 9.94. The summed E-state index contributed by atoms with van der Waals surface area (Å²) < 4.78 is 17.1. The number of likely N-dealkylation sites (tertiary alicyclic amines) is 1. The molecule has 0 radical (unpaired) electrons. The summed E-state index contributed by atoms with van der Waals surface area (Å²) in [6.45, 7) is 0.580. The topological polar surface area (TPSA) is 195 Å². The molecule has 2 saturated heterocycles. The molecule has 1 aromatic carbocycles. The second-order valence-electron chi connectivity index (χ2n) is 9.81. The number of benzene rings is 1. The van der Waals surface area contributed by atoms with Crippen molar-refractivity contribution in [2.24, 2.45) is 5.92 Å². The summed E-state index contributed by atoms with van der Waals surface area (Å²) in [7, 11) is 1.30. The van der Waals surface area contributed by atoms with E-state index in [1.807, 2.05) is 0 Å². The van der Waals surface area contributed by atoms with Crippen LogP contribution in [0.2, 0.25) is 0 Å². The van der Waals surface area contributed by atoms with Crippen molar-refractivity contribution in [2.45, 2.75) is 43.8 Å². The molecular weight excluding hydrogens is 536 g/mol. The van der Waals surface area contributed by atoms with Crippen LogP contribution >= 0.6 is 0 Å². The maximum absolute atomic E-state index is 12.6. The van der Waals surface area contributed by atoms with E-state index < -0.39 is 43.2 Å². The monoisotopic (exact) mass is 566 g/mol. The van der Waals surface area contributed by atoms with Crippen LogP contribution in [-0.2, 0) is 9.47 Å². The van der Waals surface area contributed by atoms with Crippen LogP contribution in [0.4, 0.5) is 10.6 Å². The predicted octanol–water partition coefficient (Wildman–Crippen LogP) is 0.459. The zero-order valence-electron chi connectivity index (χ0n) is 22.2. The number of nitrogens with zero attached hydrogens (tertiary/aromatic N) is 5. The van der Waals surface area contributed by atoms with Gasteiger partial charge in [-0.2, -0.15) is 0 Å². The maximum Gasteiger partial charge on any atom is 0.415 e. The van der Waals surface area contributed by atoms with E-state index in [0.29, 0.717) is 36.3 Å². The minimum absolute atomic E-state index is 0.108. The first-order valence-electron chi connectivity index (χ1n) is 13.1. The number of aliphatic hydroxyl groups excluding tert-OH is 3. The summed E-state index contributed by atoms with van der Waals surface area (Å²) in [5.41, 5.74) is 7.01. The molecule has 3 aromatic rings. The molecule has 0 aliphatic carbocycles. The first-order valence-corrected chi connectivity index (χ1v) is 13.1. The number of fused-ring (bicyclic) bond motifs is 1. The molecule has 5 N–H and O–H groups in total. The summed E-state index contributed by atoms with van der Waals surface area (Å²) in [6, 6.07) is 6.16. The van der Waals surface area contributed by atoms with E-state index in [1.165, 1.54) is 30.1 Å². The molecular formula is C27H30N6O8. The van der Waals surface area contributed by atoms with Crippen LogP contribution in [0.5, 0.6) is 5.75 Å². The van der Waals surface area contributed by atoms with Crippen molar-refractivity contribution in [1.82, 2.24) is 24.4 Å². The van der Waals surface area contributed by atoms with Gasteiger partial charge in [0.25, 0.3) is 0 Å². The molecule has 2 aliphatic heterocycles. The van der Waals surface area contributed by atoms with Crippen molar-refractivity contribution in [2.75, 3.05) is 32.5 Å². The highest BCUT2D eigenvalue weighted by atomic mass is 16.6. The van der Waals surface area contributed by atoms with Crippen molar-refractivity contribution in [3.05, 3.63) is 42.0 Å². The van der Waals surface area contributed by atoms with E-state index in [0.717, 1.165) is 12.8 Å². The van der Waals surface area contributed by atoms with E-state index in [1.54, 1.807) is 17.0 Å². The number of piperidine rings is 1. The average molecular weight is 567 g/mol. The largest absolute Gasteiger partial charge is 0.465 e. The number of nitrogens with two attached hydrogens (primary N) is 1. The number of ether oxygens (including phenoxy) is 3. The van der Waals surface area contributed by atoms with Crippen LogP contribution in [0.15, 0.2) is 30.6 Å². The molecule has 216 valence electrons. The quantitative estimate of drug-likeness (QED) is 0.246. The second-order valence-corrected chi connectivity index (χ2v) is 9.81. The summed E-state index contributed by atoms with van der Waals surface area (Å²) in [6.07, 6.45) is -1.56. The number of nitrogen functional groups attached to an aromatic ring is 1. The smallest absolute Gasteiger partial charge is 0.415 e. The Morgan fingerprint density at radius 1 is 1.15 bits per heavy atom. The second kappa shape index (κ2) is 12.1. The van der Waals surface area contributed by atoms with Gasteiger partial charge in [-0.3, -0.25) is 4.57 Å². The van der Waals surface area contributed by atoms with Gasteiger partial charge in [0, 0.05) is 19.5 Å². The summed E-state index contributed by atoms with van der Waals surface area (Å²) in [4.78, 5) is 38.6. The number of aliphatic hydroxyl groups is 3. The van der Waals surface area contributed by atoms with Crippen LogP contribution in [0.25, 0.3) is 11.2 Å². The van der Waals surface area contributed by atoms with Gasteiger partial charge in [-0.25, -0.2) is 24.5 Å². The molecule has 0 bridgehead atoms. The number of imidazole rings is 1. The van der Waals surface area contributed by atoms with Gasteiger partial charge in [0.05, 0.1) is 25.6 Å². The summed E-state index contributed by atoms with van der Waals surface area (Å²) >= 11 is 0. The molecule has 14 heteroatoms. The van der Waals surface area contributed by atoms with Gasteiger partial charge in [0.1, 0.15) is 29.6 Å². The Morgan fingerprint density at radius 2 is 1.88 bits per heavy atom. The normalized spacial score (nSPS) is 22.8. The Bertz CT molecular complexity index is 1470. The Kier molecular flexibility index (Phi) is 8.31. The number of esters is 1. The SMILES string of the molecule is COC(=O)c1ccc(OC(=O)N2CCC(CC#Cc3nc(N)c4ncn([C@@H]5O[C@H](CO)[C@H](O)C5O)c4n3)CC2)cc1. The molecule has 1 unspecified atom stereocenters. The fourth-order valence-corrected chi connectivity index (χ4v) is 4.83. The van der Waals surface area contributed by atoms with Crippen molar-refractivity contribution in [3.8, 4) is 17.6 Å². The van der Waals surface area contributed by atoms with Gasteiger partial charge < -0.3 is 40.2 Å². The first-order chi connectivity index (χ1) is 19.8. The average Bonchev–Trinajstić information content (AvgIpc) is 3.53. The fraction of sp³-hybridized carbons (Fsp3) is 0.444. The van der Waals surface area contributed by atoms with Crippen molar-refractivity contribution < 1.29 is 39.1 Å². The number of hydrogen-bond donors (Lipinski definition) is 4. The lowest BCUT2D eigenvalue weighted by Gasteiger charge is -2.30. The zero-order valence-corrected chi connectivity index (χ0v) is 22.2. The number of anilines is 1. The Balaban J connectivity index is 1.17. The van der Waals surface area contributed by atoms with Gasteiger partial charge in [-0.05, 0) is 48.9 Å². The number of aromatic nitrogens is 4. The molecule has 5 rings (SSSR count). The molecule has 2 aliphatic rings. The third-order valence-electron chi connectivity index (χ3n) is 7.18. The third kappa shape index (κ3) is 5.93. The van der Waals surface area contributed by atoms with E-state index in [2.05, 4.69) is 31.5 Å². The van der Waals surface area contributed by atoms with Crippen LogP contribution < -0.4 is 10.5 Å². The van der Waals surface area contributed by atoms with E-state index in [-0.39, 0.29) is 23.2 Å². The number of methoxy groups -OCH3 is 1. The Morgan fingerprint density at radius 3 is 2.54 bits per heavy atom. The first kappa shape index (κ1) is 28.2. The highest BCUT2D eigenvalue weighted by Crippen LogP contribution is 2.32. The van der Waals surface area contributed by atoms with E-state index in [9.17, 15) is 24.9 Å². The van der Waals surface area contributed by atoms with E-state index >= 15 is 0 Å². The molecule has 14 nitrogen and oxygen atoms in total. The summed E-state index contributed by atoms with van der Waals surface area (Å²) in [5, 5.41) is 29.9.